The lowest BCUT2D eigenvalue weighted by Gasteiger charge is -2.11. The van der Waals surface area contributed by atoms with Crippen LogP contribution in [0.25, 0.3) is 99.9 Å². The van der Waals surface area contributed by atoms with Crippen molar-refractivity contribution < 1.29 is 33.2 Å². The molecule has 10 rings (SSSR count). The standard InChI is InChI=1S/C47H29N3O/c1-3-12-30(13-4-1)34-18-11-19-37(27-34)46-48-45(32-15-5-2-6-16-32)49-47(50-46)42-29-41-39-25-24-36(35-23-22-31-14-7-8-17-33(31)26-35)28-43(39)51-44(41)40-21-10-9-20-38(40)42/h1-29H/i1D,2D,3D,4D,5D,6D,7D,8D,11D,12D,13D,14D,15D,16D,17D,18D,19D,22D,23D,26D,27D. The Morgan fingerprint density at radius 3 is 1.88 bits per heavy atom. The van der Waals surface area contributed by atoms with Gasteiger partial charge in [0, 0.05) is 32.8 Å². The smallest absolute Gasteiger partial charge is 0.164 e. The molecular weight excluding hydrogens is 623 g/mol. The Morgan fingerprint density at radius 2 is 1.06 bits per heavy atom. The third kappa shape index (κ3) is 5.13. The topological polar surface area (TPSA) is 51.8 Å². The Kier molecular flexibility index (Phi) is 3.48. The Morgan fingerprint density at radius 1 is 0.412 bits per heavy atom. The molecule has 2 heterocycles. The normalized spacial score (nSPS) is 17.3. The summed E-state index contributed by atoms with van der Waals surface area (Å²) in [6.45, 7) is 0. The van der Waals surface area contributed by atoms with Crippen LogP contribution in [0, 0.1) is 0 Å². The van der Waals surface area contributed by atoms with Crippen LogP contribution in [0.2, 0.25) is 0 Å². The van der Waals surface area contributed by atoms with Crippen LogP contribution in [0.3, 0.4) is 0 Å². The van der Waals surface area contributed by atoms with Crippen molar-refractivity contribution >= 4 is 43.5 Å². The van der Waals surface area contributed by atoms with Gasteiger partial charge in [-0.3, -0.25) is 0 Å². The van der Waals surface area contributed by atoms with E-state index in [2.05, 4.69) is 9.97 Å². The molecule has 8 aromatic carbocycles. The van der Waals surface area contributed by atoms with Crippen LogP contribution in [0.4, 0.5) is 0 Å². The van der Waals surface area contributed by atoms with E-state index < -0.39 is 161 Å². The minimum atomic E-state index is -0.840. The first-order chi connectivity index (χ1) is 34.0. The summed E-state index contributed by atoms with van der Waals surface area (Å²) < 4.78 is 188. The molecule has 0 bridgehead atoms. The van der Waals surface area contributed by atoms with Gasteiger partial charge in [-0.05, 0) is 68.7 Å². The highest BCUT2D eigenvalue weighted by Gasteiger charge is 2.19. The van der Waals surface area contributed by atoms with Crippen molar-refractivity contribution in [2.24, 2.45) is 0 Å². The minimum Gasteiger partial charge on any atom is -0.455 e. The van der Waals surface area contributed by atoms with Crippen molar-refractivity contribution in [3.05, 3.63) is 175 Å². The van der Waals surface area contributed by atoms with Crippen LogP contribution in [0.1, 0.15) is 28.8 Å². The fourth-order valence-electron chi connectivity index (χ4n) is 5.90. The molecule has 0 atom stereocenters. The Labute approximate surface area is 323 Å². The van der Waals surface area contributed by atoms with Crippen LogP contribution in [0.15, 0.2) is 180 Å². The molecule has 0 saturated heterocycles. The summed E-state index contributed by atoms with van der Waals surface area (Å²) >= 11 is 0. The summed E-state index contributed by atoms with van der Waals surface area (Å²) in [5, 5.41) is 1.28. The van der Waals surface area contributed by atoms with Crippen LogP contribution in [-0.2, 0) is 0 Å². The molecule has 4 nitrogen and oxygen atoms in total. The van der Waals surface area contributed by atoms with Gasteiger partial charge in [-0.2, -0.15) is 0 Å². The number of furan rings is 1. The predicted molar refractivity (Wildman–Crippen MR) is 209 cm³/mol. The summed E-state index contributed by atoms with van der Waals surface area (Å²) in [7, 11) is 0. The van der Waals surface area contributed by atoms with E-state index >= 15 is 0 Å². The molecule has 0 N–H and O–H groups in total. The SMILES string of the molecule is [2H]c1c([2H])c([2H])c(-c2nc(-c3c([2H])c([2H])c([2H])c(-c4c([2H])c([2H])c([2H])c([2H])c4[2H])c3[2H])nc(-c3cc4c5ccc(-c6c([2H])c([2H])c7c([2H])c([2H])c([2H])c([2H])c7c6[2H])cc5oc4c4ccccc34)n2)c([2H])c1[2H]. The van der Waals surface area contributed by atoms with Crippen LogP contribution in [-0.4, -0.2) is 15.0 Å². The molecule has 2 aromatic heterocycles. The number of benzene rings is 8. The van der Waals surface area contributed by atoms with Gasteiger partial charge in [0.15, 0.2) is 17.5 Å². The monoisotopic (exact) mass is 672 g/mol. The predicted octanol–water partition coefficient (Wildman–Crippen LogP) is 12.4. The molecule has 238 valence electrons. The van der Waals surface area contributed by atoms with E-state index in [-0.39, 0.29) is 38.9 Å². The number of aromatic nitrogens is 3. The van der Waals surface area contributed by atoms with Crippen molar-refractivity contribution in [2.45, 2.75) is 0 Å². The largest absolute Gasteiger partial charge is 0.455 e. The summed E-state index contributed by atoms with van der Waals surface area (Å²) in [5.41, 5.74) is -1.43. The van der Waals surface area contributed by atoms with Crippen LogP contribution >= 0.6 is 0 Å². The number of hydrogen-bond acceptors (Lipinski definition) is 4. The van der Waals surface area contributed by atoms with E-state index in [1.165, 1.54) is 6.07 Å². The molecule has 4 heteroatoms. The second-order valence-corrected chi connectivity index (χ2v) is 11.2. The van der Waals surface area contributed by atoms with E-state index in [0.29, 0.717) is 27.1 Å². The maximum absolute atomic E-state index is 9.42. The molecule has 0 radical (unpaired) electrons. The molecule has 10 aromatic rings. The highest BCUT2D eigenvalue weighted by atomic mass is 16.3. The first-order valence-corrected chi connectivity index (χ1v) is 15.4. The first kappa shape index (κ1) is 14.9. The van der Waals surface area contributed by atoms with Gasteiger partial charge in [-0.1, -0.05) is 145 Å². The maximum Gasteiger partial charge on any atom is 0.164 e. The molecule has 0 aliphatic heterocycles. The molecule has 0 unspecified atom stereocenters. The third-order valence-electron chi connectivity index (χ3n) is 8.22. The van der Waals surface area contributed by atoms with Gasteiger partial charge in [-0.25, -0.2) is 15.0 Å². The fourth-order valence-corrected chi connectivity index (χ4v) is 5.90. The number of nitrogens with zero attached hydrogens (tertiary/aromatic N) is 3. The van der Waals surface area contributed by atoms with Gasteiger partial charge in [0.25, 0.3) is 0 Å². The van der Waals surface area contributed by atoms with Crippen molar-refractivity contribution in [3.63, 3.8) is 0 Å². The molecule has 0 fully saturated rings. The molecule has 0 amide bonds. The molecule has 0 aliphatic rings. The van der Waals surface area contributed by atoms with Crippen molar-refractivity contribution in [3.8, 4) is 56.4 Å². The zero-order valence-electron chi connectivity index (χ0n) is 46.9. The van der Waals surface area contributed by atoms with Gasteiger partial charge in [0.05, 0.1) is 28.8 Å². The summed E-state index contributed by atoms with van der Waals surface area (Å²) in [4.78, 5) is 13.8. The highest BCUT2D eigenvalue weighted by Crippen LogP contribution is 2.41. The van der Waals surface area contributed by atoms with Crippen molar-refractivity contribution in [1.82, 2.24) is 15.0 Å². The Hall–Kier alpha value is -6.91. The van der Waals surface area contributed by atoms with Crippen LogP contribution in [0.5, 0.6) is 0 Å². The summed E-state index contributed by atoms with van der Waals surface area (Å²) in [6.07, 6.45) is 0. The number of rotatable bonds is 5. The lowest BCUT2D eigenvalue weighted by atomic mass is 9.98. The third-order valence-corrected chi connectivity index (χ3v) is 8.22. The van der Waals surface area contributed by atoms with Gasteiger partial charge >= 0.3 is 0 Å². The quantitative estimate of drug-likeness (QED) is 0.183. The minimum absolute atomic E-state index is 0.0881. The summed E-state index contributed by atoms with van der Waals surface area (Å²) in [6, 6.07) is -1.36. The van der Waals surface area contributed by atoms with Crippen LogP contribution < -0.4 is 0 Å². The highest BCUT2D eigenvalue weighted by molar-refractivity contribution is 6.19. The molecule has 0 aliphatic carbocycles. The van der Waals surface area contributed by atoms with Gasteiger partial charge in [-0.15, -0.1) is 0 Å². The van der Waals surface area contributed by atoms with E-state index in [4.69, 9.17) is 36.8 Å². The summed E-state index contributed by atoms with van der Waals surface area (Å²) in [5.74, 6) is -1.36. The zero-order chi connectivity index (χ0) is 52.0. The van der Waals surface area contributed by atoms with E-state index in [9.17, 15) is 1.37 Å². The number of hydrogen-bond donors (Lipinski definition) is 0. The first-order valence-electron chi connectivity index (χ1n) is 25.9. The van der Waals surface area contributed by atoms with E-state index in [1.807, 2.05) is 0 Å². The lowest BCUT2D eigenvalue weighted by Crippen LogP contribution is -2.00. The molecule has 0 spiro atoms. The van der Waals surface area contributed by atoms with Gasteiger partial charge < -0.3 is 4.42 Å². The second-order valence-electron chi connectivity index (χ2n) is 11.2. The lowest BCUT2D eigenvalue weighted by molar-refractivity contribution is 0.673. The van der Waals surface area contributed by atoms with Crippen molar-refractivity contribution in [2.75, 3.05) is 0 Å². The number of fused-ring (bicyclic) bond motifs is 6. The average molecular weight is 673 g/mol. The second kappa shape index (κ2) is 11.9. The molecular formula is C47H29N3O. The van der Waals surface area contributed by atoms with Crippen molar-refractivity contribution in [1.29, 1.82) is 0 Å². The van der Waals surface area contributed by atoms with E-state index in [0.717, 1.165) is 0 Å². The average Bonchev–Trinajstić information content (AvgIpc) is 3.74. The Bertz CT molecular complexity index is 4080. The Balaban J connectivity index is 1.27. The van der Waals surface area contributed by atoms with Gasteiger partial charge in [0.1, 0.15) is 11.2 Å². The fraction of sp³-hybridized carbons (Fsp3) is 0. The molecule has 0 saturated carbocycles. The van der Waals surface area contributed by atoms with E-state index in [1.54, 1.807) is 42.5 Å². The molecule has 51 heavy (non-hydrogen) atoms. The maximum atomic E-state index is 9.42. The van der Waals surface area contributed by atoms with Gasteiger partial charge in [0.2, 0.25) is 0 Å². The zero-order valence-corrected chi connectivity index (χ0v) is 25.9.